The fraction of sp³-hybridized carbons (Fsp3) is 0.429. The van der Waals surface area contributed by atoms with Crippen LogP contribution in [0.1, 0.15) is 42.5 Å². The summed E-state index contributed by atoms with van der Waals surface area (Å²) in [6.45, 7) is 2.66. The first-order valence-electron chi connectivity index (χ1n) is 9.68. The van der Waals surface area contributed by atoms with E-state index in [1.807, 2.05) is 0 Å². The molecular formula is C21H23F3N4O2. The molecule has 4 N–H and O–H groups in total. The van der Waals surface area contributed by atoms with Crippen LogP contribution in [0, 0.1) is 12.8 Å². The van der Waals surface area contributed by atoms with Crippen LogP contribution < -0.4 is 5.73 Å². The second-order valence-electron chi connectivity index (χ2n) is 8.20. The van der Waals surface area contributed by atoms with Crippen molar-refractivity contribution >= 4 is 11.5 Å². The van der Waals surface area contributed by atoms with Crippen LogP contribution in [-0.2, 0) is 5.60 Å². The molecule has 0 radical (unpaired) electrons. The quantitative estimate of drug-likeness (QED) is 0.600. The maximum absolute atomic E-state index is 13.3. The predicted octanol–water partition coefficient (Wildman–Crippen LogP) is 3.54. The lowest BCUT2D eigenvalue weighted by Gasteiger charge is -2.33. The van der Waals surface area contributed by atoms with Gasteiger partial charge in [-0.05, 0) is 49.8 Å². The molecule has 0 amide bonds. The number of anilines is 1. The summed E-state index contributed by atoms with van der Waals surface area (Å²) in [5.41, 5.74) is 5.86. The summed E-state index contributed by atoms with van der Waals surface area (Å²) in [5, 5.41) is 19.4. The highest BCUT2D eigenvalue weighted by Gasteiger charge is 2.51. The molecule has 1 aliphatic rings. The third-order valence-corrected chi connectivity index (χ3v) is 6.08. The number of nitrogens with two attached hydrogens (primary N) is 1. The molecule has 0 spiro atoms. The first-order valence-corrected chi connectivity index (χ1v) is 9.68. The number of halogens is 3. The zero-order valence-corrected chi connectivity index (χ0v) is 16.6. The monoisotopic (exact) mass is 420 g/mol. The van der Waals surface area contributed by atoms with Gasteiger partial charge in [0.15, 0.2) is 17.1 Å². The number of aryl methyl sites for hydroxylation is 1. The topological polar surface area (TPSA) is 96.7 Å². The van der Waals surface area contributed by atoms with Gasteiger partial charge < -0.3 is 15.9 Å². The molecule has 1 fully saturated rings. The van der Waals surface area contributed by atoms with Crippen LogP contribution in [0.25, 0.3) is 16.9 Å². The number of fused-ring (bicyclic) bond motifs is 1. The molecular weight excluding hydrogens is 397 g/mol. The zero-order valence-electron chi connectivity index (χ0n) is 16.6. The van der Waals surface area contributed by atoms with E-state index in [-0.39, 0.29) is 29.8 Å². The number of benzene rings is 1. The minimum absolute atomic E-state index is 0.135. The van der Waals surface area contributed by atoms with Gasteiger partial charge in [-0.25, -0.2) is 9.97 Å². The smallest absolute Gasteiger partial charge is 0.396 e. The summed E-state index contributed by atoms with van der Waals surface area (Å²) in [6.07, 6.45) is 0.153. The van der Waals surface area contributed by atoms with E-state index in [4.69, 9.17) is 5.73 Å². The summed E-state index contributed by atoms with van der Waals surface area (Å²) in [7, 11) is 0. The van der Waals surface area contributed by atoms with Crippen LogP contribution in [0.3, 0.4) is 0 Å². The van der Waals surface area contributed by atoms with Gasteiger partial charge >= 0.3 is 6.18 Å². The lowest BCUT2D eigenvalue weighted by molar-refractivity contribution is -0.258. The summed E-state index contributed by atoms with van der Waals surface area (Å²) in [5.74, 6) is 0.657. The molecule has 9 heteroatoms. The van der Waals surface area contributed by atoms with Crippen LogP contribution >= 0.6 is 0 Å². The highest BCUT2D eigenvalue weighted by atomic mass is 19.4. The number of nitrogen functional groups attached to an aromatic ring is 1. The van der Waals surface area contributed by atoms with Crippen LogP contribution in [-0.4, -0.2) is 37.4 Å². The van der Waals surface area contributed by atoms with Gasteiger partial charge in [0, 0.05) is 24.3 Å². The Hall–Kier alpha value is -2.65. The fourth-order valence-electron chi connectivity index (χ4n) is 3.92. The van der Waals surface area contributed by atoms with Crippen molar-refractivity contribution in [2.45, 2.75) is 44.4 Å². The van der Waals surface area contributed by atoms with E-state index in [2.05, 4.69) is 9.97 Å². The van der Waals surface area contributed by atoms with E-state index in [0.29, 0.717) is 16.9 Å². The van der Waals surface area contributed by atoms with E-state index >= 15 is 0 Å². The molecule has 2 heterocycles. The van der Waals surface area contributed by atoms with Gasteiger partial charge in [0.05, 0.1) is 17.6 Å². The number of aromatic nitrogens is 3. The van der Waals surface area contributed by atoms with E-state index in [0.717, 1.165) is 31.0 Å². The fourth-order valence-corrected chi connectivity index (χ4v) is 3.92. The Labute approximate surface area is 171 Å². The molecule has 0 saturated heterocycles. The number of aliphatic hydroxyl groups is 2. The summed E-state index contributed by atoms with van der Waals surface area (Å²) in [4.78, 5) is 8.74. The van der Waals surface area contributed by atoms with E-state index in [9.17, 15) is 23.4 Å². The van der Waals surface area contributed by atoms with Crippen molar-refractivity contribution in [1.29, 1.82) is 0 Å². The van der Waals surface area contributed by atoms with Gasteiger partial charge in [0.1, 0.15) is 0 Å². The van der Waals surface area contributed by atoms with Crippen LogP contribution in [0.4, 0.5) is 19.0 Å². The van der Waals surface area contributed by atoms with Gasteiger partial charge in [-0.3, -0.25) is 4.40 Å². The third-order valence-electron chi connectivity index (χ3n) is 6.08. The van der Waals surface area contributed by atoms with Crippen LogP contribution in [0.5, 0.6) is 0 Å². The molecule has 1 saturated carbocycles. The first kappa shape index (κ1) is 20.6. The van der Waals surface area contributed by atoms with Gasteiger partial charge in [-0.1, -0.05) is 12.1 Å². The molecule has 30 heavy (non-hydrogen) atoms. The van der Waals surface area contributed by atoms with Crippen molar-refractivity contribution in [3.63, 3.8) is 0 Å². The van der Waals surface area contributed by atoms with Crippen molar-refractivity contribution in [2.75, 3.05) is 12.3 Å². The largest absolute Gasteiger partial charge is 0.421 e. The van der Waals surface area contributed by atoms with Gasteiger partial charge in [0.2, 0.25) is 0 Å². The standard InChI is InChI=1S/C21H23F3N4O2/c1-11-3-4-14(20(2,30)21(22,23)24)7-15(11)17-8-26-19-18(25)27-16(9-28(17)19)13-5-12(6-13)10-29/h3-4,7-9,12-13,29-30H,5-6,10H2,1-2H3,(H2,25,27)/t12?,13?,20-/m1/s1. The molecule has 160 valence electrons. The Kier molecular flexibility index (Phi) is 4.78. The molecule has 3 aromatic rings. The third kappa shape index (κ3) is 3.22. The average molecular weight is 420 g/mol. The first-order chi connectivity index (χ1) is 14.0. The Morgan fingerprint density at radius 1 is 1.27 bits per heavy atom. The second kappa shape index (κ2) is 6.95. The normalized spacial score (nSPS) is 21.4. The molecule has 1 atom stereocenters. The number of aliphatic hydroxyl groups excluding tert-OH is 1. The molecule has 0 unspecified atom stereocenters. The Morgan fingerprint density at radius 2 is 1.97 bits per heavy atom. The van der Waals surface area contributed by atoms with Crippen molar-refractivity contribution in [1.82, 2.24) is 14.4 Å². The molecule has 4 rings (SSSR count). The van der Waals surface area contributed by atoms with E-state index in [1.54, 1.807) is 29.8 Å². The van der Waals surface area contributed by atoms with Crippen molar-refractivity contribution in [3.05, 3.63) is 47.4 Å². The number of hydrogen-bond acceptors (Lipinski definition) is 5. The van der Waals surface area contributed by atoms with Gasteiger partial charge in [-0.15, -0.1) is 0 Å². The minimum Gasteiger partial charge on any atom is -0.396 e. The Morgan fingerprint density at radius 3 is 2.60 bits per heavy atom. The zero-order chi connectivity index (χ0) is 21.8. The van der Waals surface area contributed by atoms with Crippen molar-refractivity contribution in [2.24, 2.45) is 5.92 Å². The number of rotatable bonds is 4. The number of imidazole rings is 1. The molecule has 1 aromatic carbocycles. The number of nitrogens with zero attached hydrogens (tertiary/aromatic N) is 3. The minimum atomic E-state index is -4.81. The summed E-state index contributed by atoms with van der Waals surface area (Å²) in [6, 6.07) is 4.17. The number of alkyl halides is 3. The second-order valence-corrected chi connectivity index (χ2v) is 8.20. The number of hydrogen-bond donors (Lipinski definition) is 3. The van der Waals surface area contributed by atoms with Crippen molar-refractivity contribution in [3.8, 4) is 11.3 Å². The maximum Gasteiger partial charge on any atom is 0.421 e. The van der Waals surface area contributed by atoms with Crippen LogP contribution in [0.15, 0.2) is 30.6 Å². The lowest BCUT2D eigenvalue weighted by Crippen LogP contribution is -2.39. The summed E-state index contributed by atoms with van der Waals surface area (Å²) >= 11 is 0. The van der Waals surface area contributed by atoms with Crippen molar-refractivity contribution < 1.29 is 23.4 Å². The molecule has 0 bridgehead atoms. The van der Waals surface area contributed by atoms with E-state index in [1.165, 1.54) is 12.1 Å². The molecule has 2 aromatic heterocycles. The SMILES string of the molecule is Cc1ccc([C@@](C)(O)C(F)(F)F)cc1-c1cnc2c(N)nc(C3CC(CO)C3)cn12. The van der Waals surface area contributed by atoms with E-state index < -0.39 is 11.8 Å². The molecule has 6 nitrogen and oxygen atoms in total. The van der Waals surface area contributed by atoms with Gasteiger partial charge in [-0.2, -0.15) is 13.2 Å². The highest BCUT2D eigenvalue weighted by molar-refractivity contribution is 5.72. The average Bonchev–Trinajstić information content (AvgIpc) is 3.04. The van der Waals surface area contributed by atoms with Crippen LogP contribution in [0.2, 0.25) is 0 Å². The van der Waals surface area contributed by atoms with Gasteiger partial charge in [0.25, 0.3) is 0 Å². The molecule has 0 aliphatic heterocycles. The highest BCUT2D eigenvalue weighted by Crippen LogP contribution is 2.42. The maximum atomic E-state index is 13.3. The molecule has 1 aliphatic carbocycles. The lowest BCUT2D eigenvalue weighted by atomic mass is 9.74. The Bertz CT molecular complexity index is 1100. The summed E-state index contributed by atoms with van der Waals surface area (Å²) < 4.78 is 41.7. The Balaban J connectivity index is 1.82. The predicted molar refractivity (Wildman–Crippen MR) is 106 cm³/mol.